The van der Waals surface area contributed by atoms with E-state index in [2.05, 4.69) is 39.8 Å². The summed E-state index contributed by atoms with van der Waals surface area (Å²) in [5.74, 6) is 0.855. The molecule has 6 heteroatoms. The smallest absolute Gasteiger partial charge is 0.387 e. The largest absolute Gasteiger partial charge is 0.493 e. The van der Waals surface area contributed by atoms with Crippen molar-refractivity contribution in [1.82, 2.24) is 5.32 Å². The molecular formula is C13H18BrF2NO2. The molecule has 0 saturated carbocycles. The zero-order chi connectivity index (χ0) is 14.4. The van der Waals surface area contributed by atoms with Crippen molar-refractivity contribution in [3.63, 3.8) is 0 Å². The molecule has 1 N–H and O–H groups in total. The lowest BCUT2D eigenvalue weighted by molar-refractivity contribution is -0.0517. The normalized spacial score (nSPS) is 11.2. The summed E-state index contributed by atoms with van der Waals surface area (Å²) in [6.07, 6.45) is 0. The first-order valence-corrected chi connectivity index (χ1v) is 6.75. The van der Waals surface area contributed by atoms with Gasteiger partial charge in [-0.2, -0.15) is 8.78 Å². The van der Waals surface area contributed by atoms with Crippen LogP contribution in [0.2, 0.25) is 0 Å². The summed E-state index contributed by atoms with van der Waals surface area (Å²) in [7, 11) is 1.42. The summed E-state index contributed by atoms with van der Waals surface area (Å²) < 4.78 is 34.6. The maximum atomic E-state index is 12.3. The van der Waals surface area contributed by atoms with Gasteiger partial charge in [-0.3, -0.25) is 0 Å². The average molecular weight is 338 g/mol. The van der Waals surface area contributed by atoms with Crippen LogP contribution in [0.5, 0.6) is 11.5 Å². The van der Waals surface area contributed by atoms with Gasteiger partial charge in [0.2, 0.25) is 0 Å². The second-order valence-electron chi connectivity index (χ2n) is 4.51. The predicted molar refractivity (Wildman–Crippen MR) is 73.9 cm³/mol. The minimum atomic E-state index is -2.88. The molecule has 0 aromatic heterocycles. The molecule has 108 valence electrons. The van der Waals surface area contributed by atoms with E-state index in [1.165, 1.54) is 7.11 Å². The number of hydrogen-bond acceptors (Lipinski definition) is 3. The quantitative estimate of drug-likeness (QED) is 0.820. The first kappa shape index (κ1) is 16.2. The zero-order valence-electron chi connectivity index (χ0n) is 11.2. The minimum Gasteiger partial charge on any atom is -0.493 e. The van der Waals surface area contributed by atoms with Gasteiger partial charge in [0, 0.05) is 6.54 Å². The van der Waals surface area contributed by atoms with Gasteiger partial charge in [-0.15, -0.1) is 0 Å². The lowest BCUT2D eigenvalue weighted by atomic mass is 10.2. The van der Waals surface area contributed by atoms with Crippen LogP contribution in [-0.4, -0.2) is 20.3 Å². The molecule has 0 bridgehead atoms. The molecule has 0 radical (unpaired) electrons. The number of alkyl halides is 2. The van der Waals surface area contributed by atoms with E-state index in [-0.39, 0.29) is 11.5 Å². The molecule has 1 aromatic carbocycles. The molecule has 19 heavy (non-hydrogen) atoms. The van der Waals surface area contributed by atoms with E-state index in [0.717, 1.165) is 12.1 Å². The third kappa shape index (κ3) is 5.32. The van der Waals surface area contributed by atoms with E-state index in [4.69, 9.17) is 4.74 Å². The van der Waals surface area contributed by atoms with Crippen LogP contribution in [0.25, 0.3) is 0 Å². The molecule has 0 spiro atoms. The van der Waals surface area contributed by atoms with Gasteiger partial charge in [0.1, 0.15) is 0 Å². The highest BCUT2D eigenvalue weighted by molar-refractivity contribution is 9.10. The average Bonchev–Trinajstić information content (AvgIpc) is 2.31. The van der Waals surface area contributed by atoms with E-state index in [1.54, 1.807) is 12.1 Å². The number of nitrogens with one attached hydrogen (secondary N) is 1. The van der Waals surface area contributed by atoms with Crippen molar-refractivity contribution in [2.75, 3.05) is 13.7 Å². The van der Waals surface area contributed by atoms with Gasteiger partial charge in [0.25, 0.3) is 0 Å². The Morgan fingerprint density at radius 1 is 1.32 bits per heavy atom. The van der Waals surface area contributed by atoms with Gasteiger partial charge in [0.15, 0.2) is 11.5 Å². The highest BCUT2D eigenvalue weighted by Gasteiger charge is 2.15. The number of halogens is 3. The zero-order valence-corrected chi connectivity index (χ0v) is 12.8. The van der Waals surface area contributed by atoms with E-state index >= 15 is 0 Å². The van der Waals surface area contributed by atoms with E-state index < -0.39 is 6.61 Å². The third-order valence-corrected chi connectivity index (χ3v) is 2.97. The van der Waals surface area contributed by atoms with Crippen molar-refractivity contribution in [3.8, 4) is 11.5 Å². The van der Waals surface area contributed by atoms with Gasteiger partial charge in [0.05, 0.1) is 11.6 Å². The Balaban J connectivity index is 2.83. The molecule has 0 aliphatic carbocycles. The van der Waals surface area contributed by atoms with Gasteiger partial charge in [-0.05, 0) is 46.1 Å². The van der Waals surface area contributed by atoms with Gasteiger partial charge in [-0.25, -0.2) is 0 Å². The fourth-order valence-corrected chi connectivity index (χ4v) is 2.17. The van der Waals surface area contributed by atoms with Crippen LogP contribution in [-0.2, 0) is 6.54 Å². The monoisotopic (exact) mass is 337 g/mol. The van der Waals surface area contributed by atoms with Crippen molar-refractivity contribution < 1.29 is 18.3 Å². The van der Waals surface area contributed by atoms with Crippen LogP contribution >= 0.6 is 15.9 Å². The predicted octanol–water partition coefficient (Wildman–Crippen LogP) is 3.80. The molecule has 0 fully saturated rings. The topological polar surface area (TPSA) is 30.5 Å². The molecule has 0 saturated heterocycles. The standard InChI is InChI=1S/C13H18BrF2NO2/c1-8(2)6-17-7-9-4-10(14)12(19-13(15)16)11(5-9)18-3/h4-5,8,13,17H,6-7H2,1-3H3. The maximum Gasteiger partial charge on any atom is 0.387 e. The SMILES string of the molecule is COc1cc(CNCC(C)C)cc(Br)c1OC(F)F. The summed E-state index contributed by atoms with van der Waals surface area (Å²) in [6, 6.07) is 3.43. The van der Waals surface area contributed by atoms with Crippen LogP contribution in [0.3, 0.4) is 0 Å². The number of methoxy groups -OCH3 is 1. The Morgan fingerprint density at radius 3 is 2.53 bits per heavy atom. The van der Waals surface area contributed by atoms with Gasteiger partial charge < -0.3 is 14.8 Å². The van der Waals surface area contributed by atoms with Gasteiger partial charge in [-0.1, -0.05) is 13.8 Å². The Bertz CT molecular complexity index is 414. The molecule has 0 heterocycles. The number of hydrogen-bond donors (Lipinski definition) is 1. The lowest BCUT2D eigenvalue weighted by Crippen LogP contribution is -2.19. The molecule has 1 aromatic rings. The van der Waals surface area contributed by atoms with Crippen molar-refractivity contribution >= 4 is 15.9 Å². The van der Waals surface area contributed by atoms with Gasteiger partial charge >= 0.3 is 6.61 Å². The fourth-order valence-electron chi connectivity index (χ4n) is 1.58. The van der Waals surface area contributed by atoms with E-state index in [9.17, 15) is 8.78 Å². The van der Waals surface area contributed by atoms with Crippen LogP contribution in [0, 0.1) is 5.92 Å². The Labute approximate surface area is 120 Å². The number of rotatable bonds is 7. The second kappa shape index (κ2) is 7.65. The summed E-state index contributed by atoms with van der Waals surface area (Å²) in [6.45, 7) is 2.87. The van der Waals surface area contributed by atoms with Crippen LogP contribution in [0.4, 0.5) is 8.78 Å². The van der Waals surface area contributed by atoms with Crippen molar-refractivity contribution in [2.45, 2.75) is 27.0 Å². The molecule has 0 unspecified atom stereocenters. The molecular weight excluding hydrogens is 320 g/mol. The Hall–Kier alpha value is -0.880. The summed E-state index contributed by atoms with van der Waals surface area (Å²) in [5.41, 5.74) is 0.936. The summed E-state index contributed by atoms with van der Waals surface area (Å²) in [5, 5.41) is 3.27. The van der Waals surface area contributed by atoms with Crippen LogP contribution in [0.15, 0.2) is 16.6 Å². The fraction of sp³-hybridized carbons (Fsp3) is 0.538. The first-order valence-electron chi connectivity index (χ1n) is 5.96. The van der Waals surface area contributed by atoms with E-state index in [0.29, 0.717) is 16.9 Å². The molecule has 1 rings (SSSR count). The molecule has 0 aliphatic rings. The third-order valence-electron chi connectivity index (χ3n) is 2.38. The molecule has 0 aliphatic heterocycles. The Morgan fingerprint density at radius 2 is 2.00 bits per heavy atom. The summed E-state index contributed by atoms with van der Waals surface area (Å²) >= 11 is 3.22. The second-order valence-corrected chi connectivity index (χ2v) is 5.37. The molecule has 3 nitrogen and oxygen atoms in total. The molecule has 0 atom stereocenters. The minimum absolute atomic E-state index is 0.0186. The number of benzene rings is 1. The summed E-state index contributed by atoms with van der Waals surface area (Å²) in [4.78, 5) is 0. The van der Waals surface area contributed by atoms with Crippen molar-refractivity contribution in [3.05, 3.63) is 22.2 Å². The van der Waals surface area contributed by atoms with Crippen LogP contribution in [0.1, 0.15) is 19.4 Å². The Kier molecular flexibility index (Phi) is 6.51. The van der Waals surface area contributed by atoms with Crippen molar-refractivity contribution in [2.24, 2.45) is 5.92 Å². The highest BCUT2D eigenvalue weighted by atomic mass is 79.9. The van der Waals surface area contributed by atoms with E-state index in [1.807, 2.05) is 0 Å². The lowest BCUT2D eigenvalue weighted by Gasteiger charge is -2.14. The number of ether oxygens (including phenoxy) is 2. The first-order chi connectivity index (χ1) is 8.93. The highest BCUT2D eigenvalue weighted by Crippen LogP contribution is 2.37. The van der Waals surface area contributed by atoms with Crippen LogP contribution < -0.4 is 14.8 Å². The molecule has 0 amide bonds. The maximum absolute atomic E-state index is 12.3. The van der Waals surface area contributed by atoms with Crippen molar-refractivity contribution in [1.29, 1.82) is 0 Å².